The zero-order chi connectivity index (χ0) is 15.5. The molecule has 0 atom stereocenters. The molecule has 1 aromatic heterocycles. The van der Waals surface area contributed by atoms with Crippen molar-refractivity contribution >= 4 is 23.0 Å². The first-order chi connectivity index (χ1) is 10.5. The second-order valence-electron chi connectivity index (χ2n) is 6.17. The molecule has 22 heavy (non-hydrogen) atoms. The number of fused-ring (bicyclic) bond motifs is 1. The highest BCUT2D eigenvalue weighted by Gasteiger charge is 2.52. The van der Waals surface area contributed by atoms with Crippen molar-refractivity contribution in [2.24, 2.45) is 0 Å². The van der Waals surface area contributed by atoms with E-state index < -0.39 is 11.7 Å². The van der Waals surface area contributed by atoms with E-state index in [0.29, 0.717) is 25.2 Å². The molecule has 2 aliphatic heterocycles. The highest BCUT2D eigenvalue weighted by atomic mass is 16.6. The van der Waals surface area contributed by atoms with Crippen molar-refractivity contribution in [3.63, 3.8) is 0 Å². The predicted molar refractivity (Wildman–Crippen MR) is 78.8 cm³/mol. The first kappa shape index (κ1) is 13.2. The third-order valence-electron chi connectivity index (χ3n) is 4.53. The summed E-state index contributed by atoms with van der Waals surface area (Å²) >= 11 is 0. The van der Waals surface area contributed by atoms with Crippen LogP contribution in [0.4, 0.5) is 4.79 Å². The quantitative estimate of drug-likeness (QED) is 0.874. The second kappa shape index (κ2) is 4.25. The van der Waals surface area contributed by atoms with Gasteiger partial charge in [-0.25, -0.2) is 4.79 Å². The van der Waals surface area contributed by atoms with Gasteiger partial charge in [0, 0.05) is 5.39 Å². The Morgan fingerprint density at radius 2 is 2.00 bits per heavy atom. The number of rotatable bonds is 1. The lowest BCUT2D eigenvalue weighted by Crippen LogP contribution is -2.65. The maximum absolute atomic E-state index is 12.6. The molecule has 2 aliphatic rings. The van der Waals surface area contributed by atoms with Crippen LogP contribution in [-0.4, -0.2) is 42.1 Å². The van der Waals surface area contributed by atoms with E-state index in [1.165, 1.54) is 6.26 Å². The minimum atomic E-state index is -0.543. The van der Waals surface area contributed by atoms with E-state index in [1.807, 2.05) is 26.0 Å². The summed E-state index contributed by atoms with van der Waals surface area (Å²) < 4.78 is 10.8. The minimum absolute atomic E-state index is 0.0874. The van der Waals surface area contributed by atoms with Crippen molar-refractivity contribution in [1.29, 1.82) is 0 Å². The number of furan rings is 1. The molecule has 114 valence electrons. The molecule has 0 unspecified atom stereocenters. The first-order valence-electron chi connectivity index (χ1n) is 7.22. The van der Waals surface area contributed by atoms with E-state index >= 15 is 0 Å². The summed E-state index contributed by atoms with van der Waals surface area (Å²) in [5.74, 6) is -0.0874. The molecule has 6 nitrogen and oxygen atoms in total. The summed E-state index contributed by atoms with van der Waals surface area (Å²) in [6, 6.07) is 3.93. The molecule has 0 aliphatic carbocycles. The van der Waals surface area contributed by atoms with Crippen LogP contribution in [0, 0.1) is 13.8 Å². The molecule has 6 heteroatoms. The van der Waals surface area contributed by atoms with Gasteiger partial charge in [-0.15, -0.1) is 0 Å². The molecule has 0 bridgehead atoms. The van der Waals surface area contributed by atoms with Gasteiger partial charge in [0.2, 0.25) is 0 Å². The normalized spacial score (nSPS) is 19.2. The Morgan fingerprint density at radius 1 is 1.27 bits per heavy atom. The van der Waals surface area contributed by atoms with Gasteiger partial charge in [-0.2, -0.15) is 0 Å². The lowest BCUT2D eigenvalue weighted by atomic mass is 9.93. The summed E-state index contributed by atoms with van der Waals surface area (Å²) in [5, 5.41) is 3.46. The van der Waals surface area contributed by atoms with Gasteiger partial charge < -0.3 is 19.4 Å². The fourth-order valence-electron chi connectivity index (χ4n) is 3.09. The number of nitrogens with zero attached hydrogens (tertiary/aromatic N) is 1. The SMILES string of the molecule is Cc1cc2occ(C(=O)N3CC4(CNC(=O)O4)C3)c2cc1C. The Kier molecular flexibility index (Phi) is 2.55. The topological polar surface area (TPSA) is 71.8 Å². The van der Waals surface area contributed by atoms with Gasteiger partial charge >= 0.3 is 6.09 Å². The van der Waals surface area contributed by atoms with Crippen LogP contribution >= 0.6 is 0 Å². The molecule has 1 spiro atoms. The predicted octanol–water partition coefficient (Wildman–Crippen LogP) is 1.98. The van der Waals surface area contributed by atoms with Gasteiger partial charge in [0.15, 0.2) is 5.60 Å². The number of likely N-dealkylation sites (tertiary alicyclic amines) is 1. The lowest BCUT2D eigenvalue weighted by molar-refractivity contribution is -0.0575. The molecular weight excluding hydrogens is 284 g/mol. The highest BCUT2D eigenvalue weighted by Crippen LogP contribution is 2.32. The number of ether oxygens (including phenoxy) is 1. The van der Waals surface area contributed by atoms with E-state index in [1.54, 1.807) is 4.90 Å². The molecule has 1 aromatic carbocycles. The molecule has 1 N–H and O–H groups in total. The number of hydrogen-bond donors (Lipinski definition) is 1. The fraction of sp³-hybridized carbons (Fsp3) is 0.375. The monoisotopic (exact) mass is 300 g/mol. The smallest absolute Gasteiger partial charge is 0.408 e. The molecule has 0 saturated carbocycles. The third kappa shape index (κ3) is 1.80. The van der Waals surface area contributed by atoms with Crippen molar-refractivity contribution in [1.82, 2.24) is 10.2 Å². The maximum atomic E-state index is 12.6. The van der Waals surface area contributed by atoms with E-state index in [9.17, 15) is 9.59 Å². The molecule has 2 saturated heterocycles. The summed E-state index contributed by atoms with van der Waals surface area (Å²) in [7, 11) is 0. The van der Waals surface area contributed by atoms with Crippen LogP contribution in [0.5, 0.6) is 0 Å². The number of carbonyl (C=O) groups excluding carboxylic acids is 2. The van der Waals surface area contributed by atoms with E-state index in [-0.39, 0.29) is 5.91 Å². The van der Waals surface area contributed by atoms with Crippen LogP contribution in [0.2, 0.25) is 0 Å². The largest absolute Gasteiger partial charge is 0.463 e. The number of aryl methyl sites for hydroxylation is 2. The van der Waals surface area contributed by atoms with Crippen molar-refractivity contribution in [2.75, 3.05) is 19.6 Å². The summed E-state index contributed by atoms with van der Waals surface area (Å²) in [6.07, 6.45) is 1.10. The van der Waals surface area contributed by atoms with Gasteiger partial charge in [-0.1, -0.05) is 0 Å². The van der Waals surface area contributed by atoms with Gasteiger partial charge in [0.25, 0.3) is 5.91 Å². The standard InChI is InChI=1S/C16H16N2O4/c1-9-3-11-12(5-21-13(11)4-10(9)2)14(19)18-7-16(8-18)6-17-15(20)22-16/h3-5H,6-8H2,1-2H3,(H,17,20). The number of hydrogen-bond acceptors (Lipinski definition) is 4. The van der Waals surface area contributed by atoms with Gasteiger partial charge in [0.1, 0.15) is 11.8 Å². The summed E-state index contributed by atoms with van der Waals surface area (Å²) in [6.45, 7) is 5.32. The molecule has 2 aromatic rings. The van der Waals surface area contributed by atoms with Crippen LogP contribution in [-0.2, 0) is 4.74 Å². The Labute approximate surface area is 127 Å². The average Bonchev–Trinajstić information content (AvgIpc) is 3.01. The van der Waals surface area contributed by atoms with Gasteiger partial charge in [-0.05, 0) is 37.1 Å². The van der Waals surface area contributed by atoms with Gasteiger partial charge in [0.05, 0.1) is 25.2 Å². The molecule has 4 rings (SSSR count). The van der Waals surface area contributed by atoms with E-state index in [0.717, 1.165) is 22.1 Å². The number of nitrogens with one attached hydrogen (secondary N) is 1. The number of carbonyl (C=O) groups is 2. The average molecular weight is 300 g/mol. The zero-order valence-corrected chi connectivity index (χ0v) is 12.4. The van der Waals surface area contributed by atoms with Gasteiger partial charge in [-0.3, -0.25) is 4.79 Å². The molecule has 3 heterocycles. The number of alkyl carbamates (subject to hydrolysis) is 1. The van der Waals surface area contributed by atoms with E-state index in [4.69, 9.17) is 9.15 Å². The fourth-order valence-corrected chi connectivity index (χ4v) is 3.09. The zero-order valence-electron chi connectivity index (χ0n) is 12.4. The summed E-state index contributed by atoms with van der Waals surface area (Å²) in [4.78, 5) is 25.5. The number of amides is 2. The highest BCUT2D eigenvalue weighted by molar-refractivity contribution is 6.06. The first-order valence-corrected chi connectivity index (χ1v) is 7.22. The molecule has 0 radical (unpaired) electrons. The minimum Gasteiger partial charge on any atom is -0.463 e. The Bertz CT molecular complexity index is 802. The maximum Gasteiger partial charge on any atom is 0.408 e. The molecular formula is C16H16N2O4. The Hall–Kier alpha value is -2.50. The molecule has 2 amide bonds. The summed E-state index contributed by atoms with van der Waals surface area (Å²) in [5.41, 5.74) is 2.99. The number of benzene rings is 1. The lowest BCUT2D eigenvalue weighted by Gasteiger charge is -2.45. The van der Waals surface area contributed by atoms with Crippen molar-refractivity contribution in [3.05, 3.63) is 35.1 Å². The van der Waals surface area contributed by atoms with Crippen molar-refractivity contribution in [3.8, 4) is 0 Å². The van der Waals surface area contributed by atoms with Crippen LogP contribution in [0.25, 0.3) is 11.0 Å². The Balaban J connectivity index is 1.59. The van der Waals surface area contributed by atoms with Crippen molar-refractivity contribution < 1.29 is 18.7 Å². The van der Waals surface area contributed by atoms with Crippen LogP contribution < -0.4 is 5.32 Å². The Morgan fingerprint density at radius 3 is 2.68 bits per heavy atom. The van der Waals surface area contributed by atoms with Crippen LogP contribution in [0.3, 0.4) is 0 Å². The van der Waals surface area contributed by atoms with Crippen LogP contribution in [0.15, 0.2) is 22.8 Å². The van der Waals surface area contributed by atoms with Crippen LogP contribution in [0.1, 0.15) is 21.5 Å². The van der Waals surface area contributed by atoms with E-state index in [2.05, 4.69) is 5.32 Å². The molecule has 2 fully saturated rings. The second-order valence-corrected chi connectivity index (χ2v) is 6.17. The van der Waals surface area contributed by atoms with Crippen molar-refractivity contribution in [2.45, 2.75) is 19.4 Å². The third-order valence-corrected chi connectivity index (χ3v) is 4.53.